The highest BCUT2D eigenvalue weighted by molar-refractivity contribution is 7.17. The van der Waals surface area contributed by atoms with Gasteiger partial charge in [0.15, 0.2) is 0 Å². The molecule has 19 heavy (non-hydrogen) atoms. The first-order valence-corrected chi connectivity index (χ1v) is 7.42. The minimum atomic E-state index is 0.368. The predicted molar refractivity (Wildman–Crippen MR) is 80.7 cm³/mol. The van der Waals surface area contributed by atoms with Crippen LogP contribution in [0.15, 0.2) is 52.5 Å². The molecule has 0 aliphatic heterocycles. The Balaban J connectivity index is 1.83. The Morgan fingerprint density at radius 1 is 1.21 bits per heavy atom. The fraction of sp³-hybridized carbons (Fsp3) is 0.250. The molecule has 0 saturated carbocycles. The molecule has 3 rings (SSSR count). The van der Waals surface area contributed by atoms with Crippen molar-refractivity contribution >= 4 is 21.4 Å². The van der Waals surface area contributed by atoms with Crippen LogP contribution in [0.5, 0.6) is 0 Å². The molecule has 0 fully saturated rings. The van der Waals surface area contributed by atoms with Gasteiger partial charge in [-0.3, -0.25) is 0 Å². The molecule has 1 aromatic carbocycles. The second kappa shape index (κ2) is 5.59. The van der Waals surface area contributed by atoms with Gasteiger partial charge >= 0.3 is 0 Å². The zero-order chi connectivity index (χ0) is 13.1. The number of furan rings is 1. The van der Waals surface area contributed by atoms with E-state index >= 15 is 0 Å². The number of hydrogen-bond acceptors (Lipinski definition) is 3. The number of hydrogen-bond donors (Lipinski definition) is 1. The van der Waals surface area contributed by atoms with Crippen molar-refractivity contribution in [1.82, 2.24) is 5.32 Å². The molecule has 2 nitrogen and oxygen atoms in total. The highest BCUT2D eigenvalue weighted by Crippen LogP contribution is 2.30. The van der Waals surface area contributed by atoms with Crippen molar-refractivity contribution in [1.29, 1.82) is 0 Å². The predicted octanol–water partition coefficient (Wildman–Crippen LogP) is 4.39. The van der Waals surface area contributed by atoms with Crippen LogP contribution in [0.2, 0.25) is 0 Å². The van der Waals surface area contributed by atoms with Gasteiger partial charge in [-0.15, -0.1) is 11.3 Å². The van der Waals surface area contributed by atoms with E-state index < -0.39 is 0 Å². The molecule has 0 radical (unpaired) electrons. The lowest BCUT2D eigenvalue weighted by Gasteiger charge is -2.17. The molecule has 2 aromatic heterocycles. The summed E-state index contributed by atoms with van der Waals surface area (Å²) < 4.78 is 6.80. The standard InChI is InChI=1S/C16H17NOS/c1-17-15(8-7-13-5-3-10-18-13)14-6-2-4-12-9-11-19-16(12)14/h2-6,9-11,15,17H,7-8H2,1H3. The fourth-order valence-electron chi connectivity index (χ4n) is 2.49. The largest absolute Gasteiger partial charge is 0.469 e. The van der Waals surface area contributed by atoms with Crippen LogP contribution >= 0.6 is 11.3 Å². The zero-order valence-corrected chi connectivity index (χ0v) is 11.7. The lowest BCUT2D eigenvalue weighted by molar-refractivity contribution is 0.470. The highest BCUT2D eigenvalue weighted by atomic mass is 32.1. The van der Waals surface area contributed by atoms with E-state index in [9.17, 15) is 0 Å². The molecule has 0 amide bonds. The maximum atomic E-state index is 5.41. The third-order valence-corrected chi connectivity index (χ3v) is 4.47. The van der Waals surface area contributed by atoms with Crippen LogP contribution in [-0.2, 0) is 6.42 Å². The minimum absolute atomic E-state index is 0.368. The van der Waals surface area contributed by atoms with Gasteiger partial charge in [0, 0.05) is 17.2 Å². The molecule has 0 aliphatic rings. The third-order valence-electron chi connectivity index (χ3n) is 3.49. The van der Waals surface area contributed by atoms with E-state index in [2.05, 4.69) is 35.0 Å². The SMILES string of the molecule is CNC(CCc1ccco1)c1cccc2ccsc12. The summed E-state index contributed by atoms with van der Waals surface area (Å²) in [5, 5.41) is 6.92. The van der Waals surface area contributed by atoms with E-state index in [4.69, 9.17) is 4.42 Å². The first kappa shape index (κ1) is 12.5. The van der Waals surface area contributed by atoms with Crippen molar-refractivity contribution in [3.63, 3.8) is 0 Å². The molecule has 3 heteroatoms. The van der Waals surface area contributed by atoms with Gasteiger partial charge in [0.25, 0.3) is 0 Å². The average Bonchev–Trinajstić information content (AvgIpc) is 3.10. The summed E-state index contributed by atoms with van der Waals surface area (Å²) in [4.78, 5) is 0. The number of rotatable bonds is 5. The first-order chi connectivity index (χ1) is 9.38. The number of fused-ring (bicyclic) bond motifs is 1. The van der Waals surface area contributed by atoms with Crippen LogP contribution in [0.3, 0.4) is 0 Å². The summed E-state index contributed by atoms with van der Waals surface area (Å²) in [7, 11) is 2.03. The van der Waals surface area contributed by atoms with Crippen LogP contribution in [0.1, 0.15) is 23.8 Å². The number of benzene rings is 1. The molecule has 0 saturated heterocycles. The monoisotopic (exact) mass is 271 g/mol. The second-order valence-electron chi connectivity index (χ2n) is 4.65. The molecule has 1 atom stereocenters. The van der Waals surface area contributed by atoms with Crippen molar-refractivity contribution < 1.29 is 4.42 Å². The molecular weight excluding hydrogens is 254 g/mol. The molecular formula is C16H17NOS. The van der Waals surface area contributed by atoms with Gasteiger partial charge in [-0.05, 0) is 48.0 Å². The molecule has 3 aromatic rings. The highest BCUT2D eigenvalue weighted by Gasteiger charge is 2.13. The van der Waals surface area contributed by atoms with Crippen molar-refractivity contribution in [3.05, 3.63) is 59.4 Å². The van der Waals surface area contributed by atoms with Crippen LogP contribution in [-0.4, -0.2) is 7.05 Å². The molecule has 1 unspecified atom stereocenters. The van der Waals surface area contributed by atoms with Crippen LogP contribution < -0.4 is 5.32 Å². The summed E-state index contributed by atoms with van der Waals surface area (Å²) in [5.41, 5.74) is 1.39. The van der Waals surface area contributed by atoms with Crippen molar-refractivity contribution in [2.24, 2.45) is 0 Å². The summed E-state index contributed by atoms with van der Waals surface area (Å²) in [6.07, 6.45) is 3.74. The average molecular weight is 271 g/mol. The Morgan fingerprint density at radius 3 is 2.95 bits per heavy atom. The van der Waals surface area contributed by atoms with Crippen LogP contribution in [0, 0.1) is 0 Å². The van der Waals surface area contributed by atoms with E-state index in [1.165, 1.54) is 15.6 Å². The van der Waals surface area contributed by atoms with Gasteiger partial charge in [-0.1, -0.05) is 18.2 Å². The summed E-state index contributed by atoms with van der Waals surface area (Å²) in [6.45, 7) is 0. The van der Waals surface area contributed by atoms with Gasteiger partial charge < -0.3 is 9.73 Å². The summed E-state index contributed by atoms with van der Waals surface area (Å²) in [5.74, 6) is 1.05. The minimum Gasteiger partial charge on any atom is -0.469 e. The van der Waals surface area contributed by atoms with E-state index in [0.29, 0.717) is 6.04 Å². The van der Waals surface area contributed by atoms with Gasteiger partial charge in [-0.25, -0.2) is 0 Å². The second-order valence-corrected chi connectivity index (χ2v) is 5.56. The van der Waals surface area contributed by atoms with Gasteiger partial charge in [0.05, 0.1) is 6.26 Å². The van der Waals surface area contributed by atoms with Crippen LogP contribution in [0.25, 0.3) is 10.1 Å². The van der Waals surface area contributed by atoms with Crippen molar-refractivity contribution in [2.75, 3.05) is 7.05 Å². The molecule has 0 bridgehead atoms. The topological polar surface area (TPSA) is 25.2 Å². The Hall–Kier alpha value is -1.58. The Morgan fingerprint density at radius 2 is 2.16 bits per heavy atom. The number of thiophene rings is 1. The quantitative estimate of drug-likeness (QED) is 0.744. The smallest absolute Gasteiger partial charge is 0.103 e. The molecule has 1 N–H and O–H groups in total. The Bertz CT molecular complexity index is 642. The normalized spacial score (nSPS) is 12.9. The van der Waals surface area contributed by atoms with E-state index in [1.54, 1.807) is 6.26 Å². The van der Waals surface area contributed by atoms with E-state index in [-0.39, 0.29) is 0 Å². The number of aryl methyl sites for hydroxylation is 1. The van der Waals surface area contributed by atoms with Gasteiger partial charge in [0.1, 0.15) is 5.76 Å². The van der Waals surface area contributed by atoms with Crippen molar-refractivity contribution in [2.45, 2.75) is 18.9 Å². The zero-order valence-electron chi connectivity index (χ0n) is 10.9. The summed E-state index contributed by atoms with van der Waals surface area (Å²) >= 11 is 1.82. The van der Waals surface area contributed by atoms with Gasteiger partial charge in [0.2, 0.25) is 0 Å². The fourth-order valence-corrected chi connectivity index (χ4v) is 3.46. The maximum absolute atomic E-state index is 5.41. The van der Waals surface area contributed by atoms with E-state index in [0.717, 1.165) is 18.6 Å². The summed E-state index contributed by atoms with van der Waals surface area (Å²) in [6, 6.07) is 13.1. The Labute approximate surface area is 117 Å². The van der Waals surface area contributed by atoms with Crippen molar-refractivity contribution in [3.8, 4) is 0 Å². The molecule has 2 heterocycles. The van der Waals surface area contributed by atoms with E-state index in [1.807, 2.05) is 30.5 Å². The number of nitrogens with one attached hydrogen (secondary N) is 1. The third kappa shape index (κ3) is 2.57. The maximum Gasteiger partial charge on any atom is 0.103 e. The van der Waals surface area contributed by atoms with Crippen LogP contribution in [0.4, 0.5) is 0 Å². The molecule has 0 spiro atoms. The molecule has 0 aliphatic carbocycles. The Kier molecular flexibility index (Phi) is 3.67. The lowest BCUT2D eigenvalue weighted by atomic mass is 10.0. The molecule has 98 valence electrons. The lowest BCUT2D eigenvalue weighted by Crippen LogP contribution is -2.17. The van der Waals surface area contributed by atoms with Gasteiger partial charge in [-0.2, -0.15) is 0 Å². The first-order valence-electron chi connectivity index (χ1n) is 6.54.